The van der Waals surface area contributed by atoms with Gasteiger partial charge < -0.3 is 9.63 Å². The molecule has 4 nitrogen and oxygen atoms in total. The predicted molar refractivity (Wildman–Crippen MR) is 38.0 cm³/mol. The molecule has 0 aliphatic heterocycles. The van der Waals surface area contributed by atoms with Gasteiger partial charge in [-0.05, 0) is 6.92 Å². The maximum atomic E-state index is 12.7. The highest BCUT2D eigenvalue weighted by atomic mass is 31.1. The van der Waals surface area contributed by atoms with Gasteiger partial charge in [0.15, 0.2) is 0 Å². The molecule has 0 spiro atoms. The summed E-state index contributed by atoms with van der Waals surface area (Å²) < 4.78 is 26.8. The molecule has 0 fully saturated rings. The van der Waals surface area contributed by atoms with E-state index in [4.69, 9.17) is 0 Å². The molecule has 0 rings (SSSR count). The average molecular weight is 194 g/mol. The lowest BCUT2D eigenvalue weighted by molar-refractivity contribution is -0.200. The van der Waals surface area contributed by atoms with Crippen molar-refractivity contribution in [2.24, 2.45) is 0 Å². The van der Waals surface area contributed by atoms with Crippen molar-refractivity contribution in [3.05, 3.63) is 12.2 Å². The molecule has 0 N–H and O–H groups in total. The van der Waals surface area contributed by atoms with Crippen LogP contribution in [0.5, 0.6) is 0 Å². The summed E-state index contributed by atoms with van der Waals surface area (Å²) in [6.45, 7) is 5.09. The van der Waals surface area contributed by atoms with E-state index >= 15 is 0 Å². The first-order chi connectivity index (χ1) is 5.27. The number of esters is 1. The van der Waals surface area contributed by atoms with E-state index in [0.29, 0.717) is 6.92 Å². The molecule has 0 aliphatic rings. The molecule has 0 aromatic rings. The Balaban J connectivity index is 4.35. The summed E-state index contributed by atoms with van der Waals surface area (Å²) in [6, 6.07) is 0. The number of carbonyl (C=O) groups excluding carboxylic acids is 1. The van der Waals surface area contributed by atoms with Crippen LogP contribution in [0.1, 0.15) is 13.8 Å². The van der Waals surface area contributed by atoms with Crippen LogP contribution in [0.2, 0.25) is 0 Å². The smallest absolute Gasteiger partial charge is 0.445 e. The fraction of sp³-hybridized carbons (Fsp3) is 0.500. The number of ether oxygens (including phenoxy) is 1. The van der Waals surface area contributed by atoms with Gasteiger partial charge in [-0.25, -0.2) is 4.79 Å². The first-order valence-corrected chi connectivity index (χ1v) is 4.17. The first-order valence-electron chi connectivity index (χ1n) is 2.99. The van der Waals surface area contributed by atoms with Gasteiger partial charge in [-0.1, -0.05) is 11.1 Å². The Kier molecular flexibility index (Phi) is 3.49. The third-order valence-electron chi connectivity index (χ3n) is 0.954. The molecule has 2 atom stereocenters. The quantitative estimate of drug-likeness (QED) is 0.379. The van der Waals surface area contributed by atoms with Gasteiger partial charge in [0.25, 0.3) is 0 Å². The summed E-state index contributed by atoms with van der Waals surface area (Å²) in [4.78, 5) is 20.8. The normalized spacial score (nSPS) is 16.2. The van der Waals surface area contributed by atoms with Crippen LogP contribution < -0.4 is 4.89 Å². The van der Waals surface area contributed by atoms with Crippen LogP contribution in [0.15, 0.2) is 12.2 Å². The second kappa shape index (κ2) is 3.74. The number of hydrogen-bond donors (Lipinski definition) is 0. The van der Waals surface area contributed by atoms with Crippen molar-refractivity contribution in [2.45, 2.75) is 19.4 Å². The summed E-state index contributed by atoms with van der Waals surface area (Å²) in [5.41, 5.74) is -3.01. The van der Waals surface area contributed by atoms with Gasteiger partial charge in [0.1, 0.15) is 0 Å². The summed E-state index contributed by atoms with van der Waals surface area (Å²) in [5, 5.41) is 0. The van der Waals surface area contributed by atoms with Gasteiger partial charge in [-0.2, -0.15) is 0 Å². The number of rotatable bonds is 3. The van der Waals surface area contributed by atoms with Crippen LogP contribution >= 0.6 is 8.03 Å². The monoisotopic (exact) mass is 194 g/mol. The van der Waals surface area contributed by atoms with Gasteiger partial charge in [-0.3, -0.25) is 0 Å². The van der Waals surface area contributed by atoms with Crippen LogP contribution in [0.3, 0.4) is 0 Å². The van der Waals surface area contributed by atoms with E-state index in [1.807, 2.05) is 0 Å². The fourth-order valence-electron chi connectivity index (χ4n) is 0.294. The van der Waals surface area contributed by atoms with E-state index in [-0.39, 0.29) is 5.57 Å². The van der Waals surface area contributed by atoms with Crippen molar-refractivity contribution in [3.8, 4) is 0 Å². The molecule has 0 amide bonds. The molecule has 12 heavy (non-hydrogen) atoms. The minimum absolute atomic E-state index is 0.0595. The van der Waals surface area contributed by atoms with Gasteiger partial charge in [0.2, 0.25) is 0 Å². The molecule has 0 aromatic carbocycles. The molecular formula is C6H8FO4P. The van der Waals surface area contributed by atoms with Gasteiger partial charge in [0, 0.05) is 5.57 Å². The van der Waals surface area contributed by atoms with Gasteiger partial charge in [0.05, 0.1) is 6.92 Å². The Labute approximate surface area is 69.9 Å². The molecule has 0 radical (unpaired) electrons. The topological polar surface area (TPSA) is 66.4 Å². The van der Waals surface area contributed by atoms with Crippen molar-refractivity contribution < 1.29 is 23.4 Å². The second-order valence-electron chi connectivity index (χ2n) is 2.30. The van der Waals surface area contributed by atoms with E-state index in [9.17, 15) is 18.6 Å². The molecule has 0 saturated heterocycles. The highest BCUT2D eigenvalue weighted by molar-refractivity contribution is 7.37. The van der Waals surface area contributed by atoms with Crippen LogP contribution in [-0.2, 0) is 14.1 Å². The van der Waals surface area contributed by atoms with Crippen LogP contribution in [0.4, 0.5) is 4.39 Å². The fourth-order valence-corrected chi connectivity index (χ4v) is 0.451. The van der Waals surface area contributed by atoms with E-state index in [1.54, 1.807) is 0 Å². The molecule has 6 heteroatoms. The first kappa shape index (κ1) is 11.2. The molecule has 0 aromatic heterocycles. The Morgan fingerprint density at radius 3 is 2.42 bits per heavy atom. The van der Waals surface area contributed by atoms with Gasteiger partial charge >= 0.3 is 19.6 Å². The zero-order valence-electron chi connectivity index (χ0n) is 6.67. The van der Waals surface area contributed by atoms with Crippen LogP contribution in [0.25, 0.3) is 0 Å². The zero-order chi connectivity index (χ0) is 9.94. The van der Waals surface area contributed by atoms with Crippen molar-refractivity contribution in [1.82, 2.24) is 0 Å². The number of carbonyl (C=O) groups is 1. The predicted octanol–water partition coefficient (Wildman–Crippen LogP) is 0.852. The third kappa shape index (κ3) is 3.07. The molecule has 0 saturated carbocycles. The molecule has 0 aliphatic carbocycles. The summed E-state index contributed by atoms with van der Waals surface area (Å²) in [7, 11) is -3.45. The van der Waals surface area contributed by atoms with Crippen LogP contribution in [0, 0.1) is 0 Å². The number of halogens is 1. The Morgan fingerprint density at radius 2 is 2.17 bits per heavy atom. The van der Waals surface area contributed by atoms with E-state index < -0.39 is 19.6 Å². The Hall–Kier alpha value is -0.800. The summed E-state index contributed by atoms with van der Waals surface area (Å²) in [6.07, 6.45) is 0. The summed E-state index contributed by atoms with van der Waals surface area (Å²) in [5.74, 6) is -1.07. The lowest BCUT2D eigenvalue weighted by atomic mass is 10.4. The van der Waals surface area contributed by atoms with Crippen LogP contribution in [-0.4, -0.2) is 11.6 Å². The standard InChI is InChI=1S/C6H8FO4P/c1-4(2)5(8)11-6(3,7)12(9)10/h1H2,2-3H3. The molecular weight excluding hydrogens is 186 g/mol. The second-order valence-corrected chi connectivity index (χ2v) is 3.61. The van der Waals surface area contributed by atoms with Crippen molar-refractivity contribution >= 4 is 14.0 Å². The minimum atomic E-state index is -3.45. The van der Waals surface area contributed by atoms with Crippen molar-refractivity contribution in [3.63, 3.8) is 0 Å². The lowest BCUT2D eigenvalue weighted by Gasteiger charge is -2.11. The maximum Gasteiger partial charge on any atom is 0.445 e. The average Bonchev–Trinajstić information content (AvgIpc) is 1.85. The van der Waals surface area contributed by atoms with Crippen molar-refractivity contribution in [2.75, 3.05) is 0 Å². The highest BCUT2D eigenvalue weighted by Crippen LogP contribution is 2.34. The van der Waals surface area contributed by atoms with E-state index in [0.717, 1.165) is 0 Å². The van der Waals surface area contributed by atoms with Gasteiger partial charge in [-0.15, -0.1) is 4.39 Å². The largest absolute Gasteiger partial charge is 0.590 e. The Bertz CT molecular complexity index is 236. The minimum Gasteiger partial charge on any atom is -0.590 e. The molecule has 2 unspecified atom stereocenters. The summed E-state index contributed by atoms with van der Waals surface area (Å²) >= 11 is 0. The SMILES string of the molecule is C=C(C)C(=O)OC(C)(F)[P+](=O)[O-]. The molecule has 0 bridgehead atoms. The van der Waals surface area contributed by atoms with Crippen molar-refractivity contribution in [1.29, 1.82) is 0 Å². The molecule has 68 valence electrons. The maximum absolute atomic E-state index is 12.7. The number of alkyl halides is 1. The van der Waals surface area contributed by atoms with E-state index in [2.05, 4.69) is 11.3 Å². The lowest BCUT2D eigenvalue weighted by Crippen LogP contribution is -2.25. The number of hydrogen-bond acceptors (Lipinski definition) is 4. The molecule has 0 heterocycles. The zero-order valence-corrected chi connectivity index (χ0v) is 7.56. The van der Waals surface area contributed by atoms with E-state index in [1.165, 1.54) is 6.92 Å². The Morgan fingerprint density at radius 1 is 1.75 bits per heavy atom. The highest BCUT2D eigenvalue weighted by Gasteiger charge is 2.42. The third-order valence-corrected chi connectivity index (χ3v) is 1.70.